The van der Waals surface area contributed by atoms with Gasteiger partial charge in [0.2, 0.25) is 0 Å². The van der Waals surface area contributed by atoms with Gasteiger partial charge in [0.15, 0.2) is 10.9 Å². The molecule has 0 amide bonds. The minimum absolute atomic E-state index is 0.0551. The molecule has 1 saturated heterocycles. The van der Waals surface area contributed by atoms with Crippen LogP contribution in [0.25, 0.3) is 0 Å². The second-order valence-corrected chi connectivity index (χ2v) is 5.94. The molecule has 1 aromatic heterocycles. The zero-order chi connectivity index (χ0) is 21.9. The molecule has 2 heterocycles. The lowest BCUT2D eigenvalue weighted by Gasteiger charge is -2.27. The van der Waals surface area contributed by atoms with E-state index in [1.807, 2.05) is 0 Å². The summed E-state index contributed by atoms with van der Waals surface area (Å²) in [5, 5.41) is 26.6. The third kappa shape index (κ3) is 7.16. The fourth-order valence-electron chi connectivity index (χ4n) is 2.18. The lowest BCUT2D eigenvalue weighted by molar-refractivity contribution is -0.362. The van der Waals surface area contributed by atoms with Gasteiger partial charge in [-0.15, -0.1) is 6.42 Å². The second-order valence-electron chi connectivity index (χ2n) is 5.55. The number of aromatic amines is 1. The number of nitrogens with one attached hydrogen (secondary N) is 1. The minimum Gasteiger partial charge on any atom is -0.405 e. The van der Waals surface area contributed by atoms with Crippen LogP contribution in [-0.2, 0) is 14.3 Å². The van der Waals surface area contributed by atoms with Crippen molar-refractivity contribution in [1.82, 2.24) is 9.55 Å². The lowest BCUT2D eigenvalue weighted by atomic mass is 10.2. The van der Waals surface area contributed by atoms with Gasteiger partial charge in [-0.05, 0) is 25.1 Å². The molecule has 1 aliphatic rings. The quantitative estimate of drug-likeness (QED) is 0.192. The summed E-state index contributed by atoms with van der Waals surface area (Å²) in [6, 6.07) is 0. The Hall–Kier alpha value is -2.07. The maximum Gasteiger partial charge on any atom is 0.352 e. The normalized spacial score (nSPS) is 18.1. The van der Waals surface area contributed by atoms with Crippen LogP contribution in [0, 0.1) is 17.1 Å². The van der Waals surface area contributed by atoms with E-state index in [4.69, 9.17) is 34.2 Å². The molecular weight excluding hydrogens is 390 g/mol. The zero-order valence-corrected chi connectivity index (χ0v) is 16.9. The Balaban J connectivity index is 0.00000133. The Morgan fingerprint density at radius 3 is 2.57 bits per heavy atom. The van der Waals surface area contributed by atoms with Crippen molar-refractivity contribution in [3.63, 3.8) is 0 Å². The standard InChI is InChI=1S/C13H15N3O6S.C3H8.CH4O/c1-2-7-6-16(12(23)15-11(7)18)9-4-3-8(21-9)13(19,20)22-10(17)5-14;1-3-2;1-2/h1,6,8-9,19-20H,3-5,14H2,(H,15,18,23);3H2,1-2H3;2H,1H3. The largest absolute Gasteiger partial charge is 0.405 e. The van der Waals surface area contributed by atoms with Crippen molar-refractivity contribution in [2.75, 3.05) is 13.7 Å². The number of aliphatic hydroxyl groups is 3. The molecule has 0 aromatic carbocycles. The number of esters is 1. The molecule has 1 fully saturated rings. The number of carbonyl (C=O) groups is 1. The molecule has 2 unspecified atom stereocenters. The Morgan fingerprint density at radius 1 is 1.50 bits per heavy atom. The number of rotatable bonds is 4. The van der Waals surface area contributed by atoms with Crippen LogP contribution in [0.3, 0.4) is 0 Å². The fraction of sp³-hybridized carbons (Fsp3) is 0.588. The Morgan fingerprint density at radius 2 is 2.07 bits per heavy atom. The van der Waals surface area contributed by atoms with E-state index < -0.39 is 36.4 Å². The summed E-state index contributed by atoms with van der Waals surface area (Å²) in [6.07, 6.45) is 6.42. The molecule has 28 heavy (non-hydrogen) atoms. The summed E-state index contributed by atoms with van der Waals surface area (Å²) in [5.74, 6) is -1.59. The molecule has 1 aromatic rings. The van der Waals surface area contributed by atoms with Crippen molar-refractivity contribution < 1.29 is 29.6 Å². The van der Waals surface area contributed by atoms with Crippen LogP contribution in [0.2, 0.25) is 0 Å². The predicted octanol–water partition coefficient (Wildman–Crippen LogP) is -0.270. The number of carbonyl (C=O) groups excluding carboxylic acids is 1. The highest BCUT2D eigenvalue weighted by atomic mass is 32.1. The number of hydrogen-bond acceptors (Lipinski definition) is 9. The maximum atomic E-state index is 11.5. The lowest BCUT2D eigenvalue weighted by Crippen LogP contribution is -2.47. The first-order valence-electron chi connectivity index (χ1n) is 8.48. The van der Waals surface area contributed by atoms with E-state index in [0.717, 1.165) is 7.11 Å². The molecule has 2 atom stereocenters. The minimum atomic E-state index is -2.81. The first-order valence-corrected chi connectivity index (χ1v) is 8.89. The molecule has 2 rings (SSSR count). The Bertz CT molecular complexity index is 782. The third-order valence-electron chi connectivity index (χ3n) is 3.28. The number of nitrogens with zero attached hydrogens (tertiary/aromatic N) is 1. The number of H-pyrrole nitrogens is 1. The summed E-state index contributed by atoms with van der Waals surface area (Å²) in [4.78, 5) is 25.1. The predicted molar refractivity (Wildman–Crippen MR) is 103 cm³/mol. The highest BCUT2D eigenvalue weighted by Gasteiger charge is 2.45. The van der Waals surface area contributed by atoms with Crippen LogP contribution in [0.4, 0.5) is 0 Å². The molecule has 0 radical (unpaired) electrons. The van der Waals surface area contributed by atoms with Gasteiger partial charge in [-0.2, -0.15) is 0 Å². The zero-order valence-electron chi connectivity index (χ0n) is 16.0. The van der Waals surface area contributed by atoms with E-state index in [2.05, 4.69) is 29.5 Å². The fourth-order valence-corrected chi connectivity index (χ4v) is 2.44. The number of terminal acetylenes is 1. The summed E-state index contributed by atoms with van der Waals surface area (Å²) < 4.78 is 11.4. The van der Waals surface area contributed by atoms with Crippen molar-refractivity contribution in [2.45, 2.75) is 51.4 Å². The van der Waals surface area contributed by atoms with Gasteiger partial charge in [0, 0.05) is 13.3 Å². The van der Waals surface area contributed by atoms with Crippen molar-refractivity contribution in [1.29, 1.82) is 0 Å². The van der Waals surface area contributed by atoms with Gasteiger partial charge in [-0.25, -0.2) is 0 Å². The molecule has 0 saturated carbocycles. The van der Waals surface area contributed by atoms with Crippen molar-refractivity contribution >= 4 is 18.2 Å². The Kier molecular flexibility index (Phi) is 11.5. The van der Waals surface area contributed by atoms with E-state index in [1.165, 1.54) is 17.2 Å². The summed E-state index contributed by atoms with van der Waals surface area (Å²) in [5.41, 5.74) is 4.61. The topological polar surface area (TPSA) is 160 Å². The van der Waals surface area contributed by atoms with Gasteiger partial charge in [0.05, 0.1) is 6.54 Å². The molecule has 1 aliphatic heterocycles. The molecule has 0 bridgehead atoms. The molecule has 10 nitrogen and oxygen atoms in total. The molecule has 158 valence electrons. The van der Waals surface area contributed by atoms with Crippen molar-refractivity contribution in [3.05, 3.63) is 26.9 Å². The summed E-state index contributed by atoms with van der Waals surface area (Å²) in [7, 11) is 1.00. The molecule has 11 heteroatoms. The molecule has 0 spiro atoms. The smallest absolute Gasteiger partial charge is 0.352 e. The number of aromatic nitrogens is 2. The maximum absolute atomic E-state index is 11.5. The number of hydrogen-bond donors (Lipinski definition) is 5. The van der Waals surface area contributed by atoms with Gasteiger partial charge < -0.3 is 30.5 Å². The van der Waals surface area contributed by atoms with Gasteiger partial charge in [0.25, 0.3) is 5.56 Å². The molecular formula is C17H27N3O7S. The number of ether oxygens (including phenoxy) is 2. The van der Waals surface area contributed by atoms with Gasteiger partial charge >= 0.3 is 11.9 Å². The van der Waals surface area contributed by atoms with Gasteiger partial charge in [-0.3, -0.25) is 19.1 Å². The highest BCUT2D eigenvalue weighted by Crippen LogP contribution is 2.33. The average Bonchev–Trinajstić information content (AvgIpc) is 3.14. The van der Waals surface area contributed by atoms with Crippen LogP contribution in [0.1, 0.15) is 44.9 Å². The monoisotopic (exact) mass is 417 g/mol. The van der Waals surface area contributed by atoms with E-state index in [0.29, 0.717) is 6.42 Å². The van der Waals surface area contributed by atoms with Gasteiger partial charge in [-0.1, -0.05) is 26.2 Å². The number of nitrogens with two attached hydrogens (primary N) is 1. The Labute approximate surface area is 167 Å². The summed E-state index contributed by atoms with van der Waals surface area (Å²) in [6.45, 7) is 3.75. The first-order chi connectivity index (χ1) is 13.2. The van der Waals surface area contributed by atoms with Crippen LogP contribution >= 0.6 is 12.2 Å². The van der Waals surface area contributed by atoms with Gasteiger partial charge in [0.1, 0.15) is 11.8 Å². The van der Waals surface area contributed by atoms with Crippen LogP contribution in [0.15, 0.2) is 11.0 Å². The molecule has 6 N–H and O–H groups in total. The first kappa shape index (κ1) is 25.9. The SMILES string of the molecule is C#Cc1cn(C2CCC(C(O)(O)OC(=O)CN)O2)c(=S)[nH]c1=O.CCC.CO. The van der Waals surface area contributed by atoms with E-state index in [-0.39, 0.29) is 16.8 Å². The molecule has 0 aliphatic carbocycles. The van der Waals surface area contributed by atoms with E-state index in [1.54, 1.807) is 0 Å². The van der Waals surface area contributed by atoms with Crippen molar-refractivity contribution in [2.24, 2.45) is 5.73 Å². The van der Waals surface area contributed by atoms with Crippen molar-refractivity contribution in [3.8, 4) is 12.3 Å². The average molecular weight is 417 g/mol. The number of aliphatic hydroxyl groups excluding tert-OH is 1. The highest BCUT2D eigenvalue weighted by molar-refractivity contribution is 7.71. The van der Waals surface area contributed by atoms with Crippen LogP contribution in [-0.4, -0.2) is 56.6 Å². The second kappa shape index (κ2) is 12.4. The van der Waals surface area contributed by atoms with Crippen LogP contribution in [0.5, 0.6) is 0 Å². The van der Waals surface area contributed by atoms with Crippen LogP contribution < -0.4 is 11.3 Å². The van der Waals surface area contributed by atoms with E-state index in [9.17, 15) is 19.8 Å². The third-order valence-corrected chi connectivity index (χ3v) is 3.59. The van der Waals surface area contributed by atoms with E-state index >= 15 is 0 Å². The summed E-state index contributed by atoms with van der Waals surface area (Å²) >= 11 is 5.04.